The van der Waals surface area contributed by atoms with Gasteiger partial charge < -0.3 is 16.4 Å². The van der Waals surface area contributed by atoms with E-state index < -0.39 is 0 Å². The molecule has 0 radical (unpaired) electrons. The van der Waals surface area contributed by atoms with Gasteiger partial charge in [0.05, 0.1) is 5.52 Å². The predicted octanol–water partition coefficient (Wildman–Crippen LogP) is 4.98. The topological polar surface area (TPSA) is 113 Å². The Bertz CT molecular complexity index is 1080. The second-order valence-corrected chi connectivity index (χ2v) is 7.76. The number of nitrogens with two attached hydrogens (primary N) is 1. The Balaban J connectivity index is 0.00000181. The number of aryl methyl sites for hydroxylation is 1. The van der Waals surface area contributed by atoms with Crippen LogP contribution in [0.2, 0.25) is 0 Å². The Morgan fingerprint density at radius 1 is 1.00 bits per heavy atom. The average molecular weight is 511 g/mol. The van der Waals surface area contributed by atoms with Gasteiger partial charge in [-0.3, -0.25) is 10.4 Å². The first kappa shape index (κ1) is 28.4. The maximum absolute atomic E-state index is 7.63. The summed E-state index contributed by atoms with van der Waals surface area (Å²) in [6, 6.07) is 10.4. The van der Waals surface area contributed by atoms with Gasteiger partial charge in [0.25, 0.3) is 0 Å². The van der Waals surface area contributed by atoms with Gasteiger partial charge in [0, 0.05) is 29.9 Å². The quantitative estimate of drug-likeness (QED) is 0.284. The Kier molecular flexibility index (Phi) is 11.4. The Morgan fingerprint density at radius 3 is 2.39 bits per heavy atom. The van der Waals surface area contributed by atoms with Crippen LogP contribution in [0, 0.1) is 12.3 Å². The summed E-state index contributed by atoms with van der Waals surface area (Å²) in [6.45, 7) is 2.07. The van der Waals surface area contributed by atoms with Gasteiger partial charge >= 0.3 is 0 Å². The first-order valence-corrected chi connectivity index (χ1v) is 10.3. The summed E-state index contributed by atoms with van der Waals surface area (Å²) in [6.07, 6.45) is 11.7. The second kappa shape index (κ2) is 13.2. The fraction of sp³-hybridized carbons (Fsp3) is 0.304. The van der Waals surface area contributed by atoms with Gasteiger partial charge in [-0.2, -0.15) is 0 Å². The van der Waals surface area contributed by atoms with E-state index in [1.807, 2.05) is 30.4 Å². The van der Waals surface area contributed by atoms with Crippen LogP contribution in [0.15, 0.2) is 42.7 Å². The van der Waals surface area contributed by atoms with E-state index in [0.717, 1.165) is 53.5 Å². The number of anilines is 1. The van der Waals surface area contributed by atoms with Crippen LogP contribution in [0.25, 0.3) is 23.1 Å². The van der Waals surface area contributed by atoms with Crippen molar-refractivity contribution in [2.45, 2.75) is 44.7 Å². The lowest BCUT2D eigenvalue weighted by atomic mass is 9.90. The van der Waals surface area contributed by atoms with E-state index in [1.54, 1.807) is 12.4 Å². The summed E-state index contributed by atoms with van der Waals surface area (Å²) in [5, 5.41) is 15.4. The highest BCUT2D eigenvalue weighted by atomic mass is 35.5. The van der Waals surface area contributed by atoms with E-state index in [9.17, 15) is 0 Å². The van der Waals surface area contributed by atoms with Crippen molar-refractivity contribution in [3.8, 4) is 0 Å². The van der Waals surface area contributed by atoms with Crippen LogP contribution >= 0.6 is 37.2 Å². The fourth-order valence-electron chi connectivity index (χ4n) is 3.94. The van der Waals surface area contributed by atoms with Crippen LogP contribution in [-0.2, 0) is 0 Å². The standard InChI is InChI=1S/C23H27N7.3ClH/c1-15-6-8-18-17(14-15)22(28-19-4-2-3-5-20(19)29-23(24)25)30-21(27-18)9-7-16-10-12-26-13-11-16;;;/h6-14,19-20H,2-5H2,1H3,(H4,24,25,29)(H,27,28,30);3*1H/t19-,20+;;;/m0.../s1. The first-order chi connectivity index (χ1) is 14.6. The molecule has 1 aliphatic carbocycles. The van der Waals surface area contributed by atoms with Crippen molar-refractivity contribution in [3.05, 3.63) is 59.7 Å². The molecule has 0 saturated heterocycles. The third-order valence-electron chi connectivity index (χ3n) is 5.43. The van der Waals surface area contributed by atoms with Crippen molar-refractivity contribution >= 4 is 72.1 Å². The molecule has 3 aromatic rings. The van der Waals surface area contributed by atoms with Gasteiger partial charge in [-0.1, -0.05) is 30.5 Å². The zero-order chi connectivity index (χ0) is 20.9. The maximum Gasteiger partial charge on any atom is 0.185 e. The Morgan fingerprint density at radius 2 is 1.70 bits per heavy atom. The van der Waals surface area contributed by atoms with E-state index in [-0.39, 0.29) is 55.3 Å². The van der Waals surface area contributed by atoms with E-state index in [0.29, 0.717) is 5.82 Å². The number of halogens is 3. The highest BCUT2D eigenvalue weighted by Crippen LogP contribution is 2.27. The summed E-state index contributed by atoms with van der Waals surface area (Å²) < 4.78 is 0. The van der Waals surface area contributed by atoms with E-state index in [4.69, 9.17) is 21.1 Å². The minimum absolute atomic E-state index is 0. The zero-order valence-electron chi connectivity index (χ0n) is 18.3. The number of benzene rings is 1. The Hall–Kier alpha value is -2.61. The average Bonchev–Trinajstić information content (AvgIpc) is 2.74. The Labute approximate surface area is 212 Å². The monoisotopic (exact) mass is 509 g/mol. The number of fused-ring (bicyclic) bond motifs is 1. The highest BCUT2D eigenvalue weighted by molar-refractivity contribution is 5.91. The molecule has 10 heteroatoms. The number of hydrogen-bond donors (Lipinski definition) is 4. The predicted molar refractivity (Wildman–Crippen MR) is 144 cm³/mol. The number of nitrogens with zero attached hydrogens (tertiary/aromatic N) is 3. The molecule has 178 valence electrons. The van der Waals surface area contributed by atoms with Gasteiger partial charge in [0.2, 0.25) is 0 Å². The van der Waals surface area contributed by atoms with Crippen LogP contribution in [-0.4, -0.2) is 33.0 Å². The summed E-state index contributed by atoms with van der Waals surface area (Å²) in [7, 11) is 0. The van der Waals surface area contributed by atoms with Crippen molar-refractivity contribution in [3.63, 3.8) is 0 Å². The summed E-state index contributed by atoms with van der Waals surface area (Å²) in [4.78, 5) is 13.6. The lowest BCUT2D eigenvalue weighted by Gasteiger charge is -2.33. The number of hydrogen-bond acceptors (Lipinski definition) is 5. The summed E-state index contributed by atoms with van der Waals surface area (Å²) in [5.74, 6) is 1.48. The fourth-order valence-corrected chi connectivity index (χ4v) is 3.94. The van der Waals surface area contributed by atoms with Crippen LogP contribution in [0.1, 0.15) is 42.6 Å². The third-order valence-corrected chi connectivity index (χ3v) is 5.43. The SMILES string of the molecule is Cc1ccc2nc(C=Cc3ccncc3)nc(N[C@H]3CCCC[C@H]3NC(=N)N)c2c1.Cl.Cl.Cl. The number of guanidine groups is 1. The largest absolute Gasteiger partial charge is 0.370 e. The van der Waals surface area contributed by atoms with Gasteiger partial charge in [-0.05, 0) is 55.7 Å². The summed E-state index contributed by atoms with van der Waals surface area (Å²) in [5.41, 5.74) is 8.73. The number of rotatable bonds is 5. The second-order valence-electron chi connectivity index (χ2n) is 7.76. The zero-order valence-corrected chi connectivity index (χ0v) is 20.8. The molecule has 7 nitrogen and oxygen atoms in total. The lowest BCUT2D eigenvalue weighted by Crippen LogP contribution is -2.50. The van der Waals surface area contributed by atoms with Crippen molar-refractivity contribution in [1.82, 2.24) is 20.3 Å². The van der Waals surface area contributed by atoms with Gasteiger partial charge in [0.1, 0.15) is 5.82 Å². The number of aromatic nitrogens is 3. The molecule has 4 rings (SSSR count). The molecule has 2 atom stereocenters. The molecule has 1 aromatic carbocycles. The first-order valence-electron chi connectivity index (χ1n) is 10.3. The molecular formula is C23H30Cl3N7. The molecule has 1 saturated carbocycles. The summed E-state index contributed by atoms with van der Waals surface area (Å²) >= 11 is 0. The normalized spacial score (nSPS) is 17.4. The molecule has 0 amide bonds. The molecule has 0 spiro atoms. The lowest BCUT2D eigenvalue weighted by molar-refractivity contribution is 0.377. The minimum Gasteiger partial charge on any atom is -0.370 e. The van der Waals surface area contributed by atoms with Crippen LogP contribution < -0.4 is 16.4 Å². The molecule has 1 fully saturated rings. The van der Waals surface area contributed by atoms with Crippen LogP contribution in [0.3, 0.4) is 0 Å². The number of pyridine rings is 1. The molecule has 0 unspecified atom stereocenters. The van der Waals surface area contributed by atoms with E-state index >= 15 is 0 Å². The highest BCUT2D eigenvalue weighted by Gasteiger charge is 2.26. The molecule has 0 bridgehead atoms. The van der Waals surface area contributed by atoms with Crippen molar-refractivity contribution in [1.29, 1.82) is 5.41 Å². The molecule has 33 heavy (non-hydrogen) atoms. The van der Waals surface area contributed by atoms with Gasteiger partial charge in [-0.15, -0.1) is 37.2 Å². The van der Waals surface area contributed by atoms with E-state index in [1.165, 1.54) is 0 Å². The van der Waals surface area contributed by atoms with Crippen molar-refractivity contribution in [2.75, 3.05) is 5.32 Å². The molecular weight excluding hydrogens is 481 g/mol. The molecule has 5 N–H and O–H groups in total. The molecule has 2 aromatic heterocycles. The smallest absolute Gasteiger partial charge is 0.185 e. The molecule has 0 aliphatic heterocycles. The number of nitrogens with one attached hydrogen (secondary N) is 3. The molecule has 1 aliphatic rings. The minimum atomic E-state index is 0. The van der Waals surface area contributed by atoms with Gasteiger partial charge in [-0.25, -0.2) is 9.97 Å². The molecule has 2 heterocycles. The maximum atomic E-state index is 7.63. The van der Waals surface area contributed by atoms with Crippen LogP contribution in [0.5, 0.6) is 0 Å². The third kappa shape index (κ3) is 7.45. The van der Waals surface area contributed by atoms with E-state index in [2.05, 4.69) is 34.7 Å². The van der Waals surface area contributed by atoms with Crippen LogP contribution in [0.4, 0.5) is 5.82 Å². The van der Waals surface area contributed by atoms with Gasteiger partial charge in [0.15, 0.2) is 11.8 Å². The van der Waals surface area contributed by atoms with Crippen molar-refractivity contribution in [2.24, 2.45) is 5.73 Å². The van der Waals surface area contributed by atoms with Crippen molar-refractivity contribution < 1.29 is 0 Å².